The van der Waals surface area contributed by atoms with Gasteiger partial charge in [-0.15, -0.1) is 0 Å². The Kier molecular flexibility index (Phi) is 7.62. The molecule has 2 aromatic rings. The van der Waals surface area contributed by atoms with Gasteiger partial charge in [0.05, 0.1) is 24.3 Å². The van der Waals surface area contributed by atoms with Gasteiger partial charge in [-0.2, -0.15) is 5.10 Å². The van der Waals surface area contributed by atoms with E-state index in [1.807, 2.05) is 6.07 Å². The van der Waals surface area contributed by atoms with E-state index in [4.69, 9.17) is 4.74 Å². The first-order valence-corrected chi connectivity index (χ1v) is 10.2. The number of ether oxygens (including phenoxy) is 1. The first-order valence-electron chi connectivity index (χ1n) is 9.42. The van der Waals surface area contributed by atoms with Crippen LogP contribution in [0, 0.1) is 0 Å². The molecular formula is C21H25BrN4O3. The molecule has 2 aromatic carbocycles. The Labute approximate surface area is 179 Å². The molecule has 0 atom stereocenters. The van der Waals surface area contributed by atoms with Crippen LogP contribution in [0.5, 0.6) is 11.5 Å². The second-order valence-corrected chi connectivity index (χ2v) is 7.74. The summed E-state index contributed by atoms with van der Waals surface area (Å²) in [5.74, 6) is 0.211. The summed E-state index contributed by atoms with van der Waals surface area (Å²) in [6, 6.07) is 13.8. The lowest BCUT2D eigenvalue weighted by Crippen LogP contribution is -2.48. The number of halogens is 1. The summed E-state index contributed by atoms with van der Waals surface area (Å²) < 4.78 is 5.60. The number of benzene rings is 2. The number of amides is 1. The van der Waals surface area contributed by atoms with E-state index in [0.717, 1.165) is 32.7 Å². The molecule has 0 radical (unpaired) electrons. The molecule has 1 aliphatic rings. The molecule has 3 rings (SSSR count). The van der Waals surface area contributed by atoms with Crippen LogP contribution in [0.2, 0.25) is 0 Å². The Morgan fingerprint density at radius 1 is 1.21 bits per heavy atom. The zero-order valence-corrected chi connectivity index (χ0v) is 17.9. The Morgan fingerprint density at radius 2 is 1.90 bits per heavy atom. The molecule has 0 aliphatic carbocycles. The highest BCUT2D eigenvalue weighted by Gasteiger charge is 2.18. The molecule has 0 unspecified atom stereocenters. The van der Waals surface area contributed by atoms with Gasteiger partial charge in [0.25, 0.3) is 5.91 Å². The maximum absolute atomic E-state index is 12.2. The SMILES string of the molecule is COc1cc(/C=N/NC(=O)CN2CCN(Cc3ccccc3)CC2)cc(Br)c1O. The van der Waals surface area contributed by atoms with E-state index in [2.05, 4.69) is 60.5 Å². The summed E-state index contributed by atoms with van der Waals surface area (Å²) in [5.41, 5.74) is 4.56. The molecule has 2 N–H and O–H groups in total. The minimum atomic E-state index is -0.150. The largest absolute Gasteiger partial charge is 0.503 e. The van der Waals surface area contributed by atoms with Gasteiger partial charge in [-0.25, -0.2) is 5.43 Å². The highest BCUT2D eigenvalue weighted by Crippen LogP contribution is 2.34. The van der Waals surface area contributed by atoms with Crippen molar-refractivity contribution in [2.24, 2.45) is 5.10 Å². The van der Waals surface area contributed by atoms with Crippen LogP contribution in [-0.4, -0.2) is 66.9 Å². The number of nitrogens with zero attached hydrogens (tertiary/aromatic N) is 3. The van der Waals surface area contributed by atoms with Gasteiger partial charge in [-0.05, 0) is 39.2 Å². The Morgan fingerprint density at radius 3 is 2.59 bits per heavy atom. The van der Waals surface area contributed by atoms with E-state index in [1.54, 1.807) is 12.1 Å². The molecule has 0 spiro atoms. The lowest BCUT2D eigenvalue weighted by molar-refractivity contribution is -0.122. The number of piperazine rings is 1. The highest BCUT2D eigenvalue weighted by molar-refractivity contribution is 9.10. The van der Waals surface area contributed by atoms with E-state index in [9.17, 15) is 9.90 Å². The maximum Gasteiger partial charge on any atom is 0.254 e. The van der Waals surface area contributed by atoms with Gasteiger partial charge >= 0.3 is 0 Å². The minimum absolute atomic E-state index is 0.0279. The number of nitrogens with one attached hydrogen (secondary N) is 1. The molecule has 0 saturated carbocycles. The lowest BCUT2D eigenvalue weighted by atomic mass is 10.2. The summed E-state index contributed by atoms with van der Waals surface area (Å²) in [6.07, 6.45) is 1.52. The van der Waals surface area contributed by atoms with E-state index in [1.165, 1.54) is 18.9 Å². The number of hydrogen-bond donors (Lipinski definition) is 2. The van der Waals surface area contributed by atoms with E-state index in [0.29, 0.717) is 22.3 Å². The van der Waals surface area contributed by atoms with Crippen LogP contribution in [0.25, 0.3) is 0 Å². The fourth-order valence-electron chi connectivity index (χ4n) is 3.19. The lowest BCUT2D eigenvalue weighted by Gasteiger charge is -2.34. The van der Waals surface area contributed by atoms with Gasteiger partial charge < -0.3 is 9.84 Å². The molecule has 1 amide bonds. The van der Waals surface area contributed by atoms with Gasteiger partial charge in [-0.3, -0.25) is 14.6 Å². The van der Waals surface area contributed by atoms with Gasteiger partial charge in [0.2, 0.25) is 0 Å². The minimum Gasteiger partial charge on any atom is -0.503 e. The number of hydrazone groups is 1. The number of aromatic hydroxyl groups is 1. The maximum atomic E-state index is 12.2. The van der Waals surface area contributed by atoms with Gasteiger partial charge in [0.1, 0.15) is 0 Å². The summed E-state index contributed by atoms with van der Waals surface area (Å²) in [7, 11) is 1.48. The number of phenols is 1. The van der Waals surface area contributed by atoms with Crippen LogP contribution in [0.15, 0.2) is 52.0 Å². The van der Waals surface area contributed by atoms with Crippen molar-refractivity contribution in [3.05, 3.63) is 58.1 Å². The Balaban J connectivity index is 1.42. The summed E-state index contributed by atoms with van der Waals surface area (Å²) >= 11 is 3.26. The average Bonchev–Trinajstić information content (AvgIpc) is 2.72. The smallest absolute Gasteiger partial charge is 0.254 e. The highest BCUT2D eigenvalue weighted by atomic mass is 79.9. The third-order valence-corrected chi connectivity index (χ3v) is 5.36. The number of phenolic OH excluding ortho intramolecular Hbond substituents is 1. The number of carbonyl (C=O) groups is 1. The van der Waals surface area contributed by atoms with E-state index >= 15 is 0 Å². The average molecular weight is 461 g/mol. The quantitative estimate of drug-likeness (QED) is 0.490. The second-order valence-electron chi connectivity index (χ2n) is 6.88. The third kappa shape index (κ3) is 6.28. The number of hydrogen-bond acceptors (Lipinski definition) is 6. The topological polar surface area (TPSA) is 77.4 Å². The normalized spacial score (nSPS) is 15.5. The van der Waals surface area contributed by atoms with Gasteiger partial charge in [0, 0.05) is 32.7 Å². The number of methoxy groups -OCH3 is 1. The van der Waals surface area contributed by atoms with Crippen molar-refractivity contribution in [1.82, 2.24) is 15.2 Å². The van der Waals surface area contributed by atoms with E-state index in [-0.39, 0.29) is 11.7 Å². The Hall–Kier alpha value is -2.42. The summed E-state index contributed by atoms with van der Waals surface area (Å²) in [5, 5.41) is 13.8. The zero-order chi connectivity index (χ0) is 20.6. The molecule has 1 saturated heterocycles. The monoisotopic (exact) mass is 460 g/mol. The van der Waals surface area contributed by atoms with Crippen molar-refractivity contribution in [1.29, 1.82) is 0 Å². The number of rotatable bonds is 7. The third-order valence-electron chi connectivity index (χ3n) is 4.75. The van der Waals surface area contributed by atoms with E-state index < -0.39 is 0 Å². The van der Waals surface area contributed by atoms with Crippen LogP contribution in [0.1, 0.15) is 11.1 Å². The van der Waals surface area contributed by atoms with Gasteiger partial charge in [0.15, 0.2) is 11.5 Å². The molecule has 0 bridgehead atoms. The van der Waals surface area contributed by atoms with Crippen molar-refractivity contribution >= 4 is 28.1 Å². The van der Waals surface area contributed by atoms with Crippen LogP contribution < -0.4 is 10.2 Å². The zero-order valence-electron chi connectivity index (χ0n) is 16.3. The molecule has 1 fully saturated rings. The molecule has 7 nitrogen and oxygen atoms in total. The molecule has 0 aromatic heterocycles. The predicted octanol–water partition coefficient (Wildman–Crippen LogP) is 2.43. The summed E-state index contributed by atoms with van der Waals surface area (Å²) in [6.45, 7) is 4.84. The second kappa shape index (κ2) is 10.4. The van der Waals surface area contributed by atoms with Crippen molar-refractivity contribution in [3.8, 4) is 11.5 Å². The van der Waals surface area contributed by atoms with Crippen LogP contribution in [0.4, 0.5) is 0 Å². The van der Waals surface area contributed by atoms with Crippen LogP contribution in [-0.2, 0) is 11.3 Å². The van der Waals surface area contributed by atoms with Crippen LogP contribution in [0.3, 0.4) is 0 Å². The molecule has 1 aliphatic heterocycles. The van der Waals surface area contributed by atoms with Crippen molar-refractivity contribution in [2.45, 2.75) is 6.54 Å². The Bertz CT molecular complexity index is 853. The number of carbonyl (C=O) groups excluding carboxylic acids is 1. The van der Waals surface area contributed by atoms with Crippen molar-refractivity contribution < 1.29 is 14.6 Å². The fraction of sp³-hybridized carbons (Fsp3) is 0.333. The standard InChI is InChI=1S/C21H25BrN4O3/c1-29-19-12-17(11-18(22)21(19)28)13-23-24-20(27)15-26-9-7-25(8-10-26)14-16-5-3-2-4-6-16/h2-6,11-13,28H,7-10,14-15H2,1H3,(H,24,27)/b23-13+. The van der Waals surface area contributed by atoms with Crippen LogP contribution >= 0.6 is 15.9 Å². The fourth-order valence-corrected chi connectivity index (χ4v) is 3.65. The summed E-state index contributed by atoms with van der Waals surface area (Å²) in [4.78, 5) is 16.7. The first-order chi connectivity index (χ1) is 14.0. The molecule has 154 valence electrons. The predicted molar refractivity (Wildman–Crippen MR) is 116 cm³/mol. The molecular weight excluding hydrogens is 436 g/mol. The van der Waals surface area contributed by atoms with Crippen molar-refractivity contribution in [3.63, 3.8) is 0 Å². The van der Waals surface area contributed by atoms with Crippen molar-refractivity contribution in [2.75, 3.05) is 39.8 Å². The molecule has 29 heavy (non-hydrogen) atoms. The molecule has 8 heteroatoms. The molecule has 1 heterocycles. The first kappa shape index (κ1) is 21.3. The van der Waals surface area contributed by atoms with Gasteiger partial charge in [-0.1, -0.05) is 30.3 Å².